The van der Waals surface area contributed by atoms with Gasteiger partial charge in [0.25, 0.3) is 0 Å². The van der Waals surface area contributed by atoms with E-state index in [9.17, 15) is 19.5 Å². The molecule has 0 saturated carbocycles. The summed E-state index contributed by atoms with van der Waals surface area (Å²) in [5.41, 5.74) is 11.8. The number of allylic oxidation sites excluding steroid dienone is 3. The van der Waals surface area contributed by atoms with Crippen molar-refractivity contribution < 1.29 is 19.5 Å². The zero-order valence-corrected chi connectivity index (χ0v) is 34.5. The second-order valence-electron chi connectivity index (χ2n) is 13.6. The lowest BCUT2D eigenvalue weighted by Gasteiger charge is -2.18. The number of Topliss-reactive ketones (excluding diaryl/α,β-unsaturated/α-hetero) is 1. The number of fused-ring (bicyclic) bond motifs is 2. The van der Waals surface area contributed by atoms with Crippen molar-refractivity contribution in [3.05, 3.63) is 105 Å². The molecule has 6 rings (SSSR count). The summed E-state index contributed by atoms with van der Waals surface area (Å²) in [5, 5.41) is 18.2. The molecule has 0 aliphatic heterocycles. The molecular weight excluding hydrogens is 759 g/mol. The van der Waals surface area contributed by atoms with Crippen LogP contribution in [0.2, 0.25) is 10.0 Å². The van der Waals surface area contributed by atoms with E-state index in [0.29, 0.717) is 34.7 Å². The number of benzene rings is 3. The van der Waals surface area contributed by atoms with Crippen molar-refractivity contribution in [1.29, 1.82) is 0 Å². The minimum atomic E-state index is -0.376. The van der Waals surface area contributed by atoms with E-state index >= 15 is 0 Å². The van der Waals surface area contributed by atoms with Gasteiger partial charge < -0.3 is 30.6 Å². The number of nitrogen functional groups attached to an aromatic ring is 1. The lowest BCUT2D eigenvalue weighted by atomic mass is 9.97. The van der Waals surface area contributed by atoms with E-state index in [1.165, 1.54) is 17.0 Å². The number of hydrogen-bond acceptors (Lipinski definition) is 6. The standard InChI is InChI=1S/C21H22ClN3O2.C12H15Cl2NO2.C9H10N2/c1-5-15-16(11-17(20(26)19(15)22)24-21(27)12(2)3)23-14-7-6-13-8-9-25(4)18(13)10-14;1-4-7-8(13)5-9(11(16)10(7)14)15-12(17)6(2)3;1-11-5-4-7-2-3-8(10)6-9(7)11/h6-12H,5H2,1-4H3,(H,24,27);5-6,16H,4H2,1-3H3,(H,15,17);2-6H,10H2,1H3. The van der Waals surface area contributed by atoms with Gasteiger partial charge >= 0.3 is 0 Å². The van der Waals surface area contributed by atoms with Crippen molar-refractivity contribution in [3.8, 4) is 5.75 Å². The van der Waals surface area contributed by atoms with Crippen molar-refractivity contribution in [2.24, 2.45) is 30.9 Å². The number of phenolic OH excluding ortho intramolecular Hbond substituents is 1. The van der Waals surface area contributed by atoms with E-state index in [-0.39, 0.29) is 56.6 Å². The summed E-state index contributed by atoms with van der Waals surface area (Å²) in [7, 11) is 3.99. The van der Waals surface area contributed by atoms with Gasteiger partial charge in [0.15, 0.2) is 5.75 Å². The fourth-order valence-electron chi connectivity index (χ4n) is 5.55. The van der Waals surface area contributed by atoms with E-state index in [2.05, 4.69) is 21.3 Å². The Kier molecular flexibility index (Phi) is 14.4. The van der Waals surface area contributed by atoms with E-state index in [1.807, 2.05) is 87.4 Å². The maximum atomic E-state index is 12.5. The first-order valence-electron chi connectivity index (χ1n) is 17.9. The van der Waals surface area contributed by atoms with Crippen LogP contribution in [0, 0.1) is 11.8 Å². The largest absolute Gasteiger partial charge is 0.504 e. The average Bonchev–Trinajstić information content (AvgIpc) is 3.70. The summed E-state index contributed by atoms with van der Waals surface area (Å²) in [6.45, 7) is 10.9. The molecule has 1 aliphatic carbocycles. The molecule has 0 saturated heterocycles. The number of aromatic nitrogens is 2. The number of nitrogens with one attached hydrogen (secondary N) is 2. The molecule has 5 N–H and O–H groups in total. The normalized spacial score (nSPS) is 13.5. The molecule has 290 valence electrons. The number of halogens is 3. The first-order valence-corrected chi connectivity index (χ1v) is 19.0. The van der Waals surface area contributed by atoms with Gasteiger partial charge in [0, 0.05) is 65.6 Å². The SMILES string of the molecule is CCC1=C(Cl)C(=O)C(NC(=O)C(C)C)=CC1=Nc1ccc2ccn(C)c2c1.CCc1c(Cl)cc(NC(=O)C(C)C)c(O)c1Cl.Cn1ccc2ccc(N)cc21. The summed E-state index contributed by atoms with van der Waals surface area (Å²) >= 11 is 18.3. The molecule has 0 bridgehead atoms. The first-order chi connectivity index (χ1) is 26.0. The molecule has 0 atom stereocenters. The van der Waals surface area contributed by atoms with E-state index < -0.39 is 0 Å². The minimum absolute atomic E-state index is 0.109. The number of nitrogens with zero attached hydrogens (tertiary/aromatic N) is 3. The Morgan fingerprint density at radius 1 is 0.818 bits per heavy atom. The van der Waals surface area contributed by atoms with Gasteiger partial charge in [0.05, 0.1) is 32.8 Å². The lowest BCUT2D eigenvalue weighted by Crippen LogP contribution is -2.33. The molecule has 0 radical (unpaired) electrons. The highest BCUT2D eigenvalue weighted by molar-refractivity contribution is 6.49. The molecule has 13 heteroatoms. The van der Waals surface area contributed by atoms with Crippen molar-refractivity contribution >= 4 is 97.0 Å². The number of amides is 2. The molecule has 5 aromatic rings. The van der Waals surface area contributed by atoms with Crippen LogP contribution in [-0.4, -0.2) is 37.6 Å². The fourth-order valence-corrected chi connectivity index (χ4v) is 6.60. The van der Waals surface area contributed by atoms with Crippen LogP contribution in [0.5, 0.6) is 5.75 Å². The molecule has 2 aromatic heterocycles. The predicted octanol–water partition coefficient (Wildman–Crippen LogP) is 10.0. The zero-order chi connectivity index (χ0) is 40.7. The first kappa shape index (κ1) is 42.7. The molecule has 3 aromatic carbocycles. The molecular formula is C42H47Cl3N6O4. The van der Waals surface area contributed by atoms with Crippen LogP contribution in [0.4, 0.5) is 17.1 Å². The molecule has 2 heterocycles. The van der Waals surface area contributed by atoms with Gasteiger partial charge in [-0.15, -0.1) is 0 Å². The average molecular weight is 806 g/mol. The van der Waals surface area contributed by atoms with Crippen molar-refractivity contribution in [3.63, 3.8) is 0 Å². The number of aliphatic imine (C=N–C) groups is 1. The monoisotopic (exact) mass is 804 g/mol. The van der Waals surface area contributed by atoms with Gasteiger partial charge in [0.1, 0.15) is 0 Å². The van der Waals surface area contributed by atoms with Crippen LogP contribution < -0.4 is 16.4 Å². The molecule has 0 unspecified atom stereocenters. The van der Waals surface area contributed by atoms with Crippen LogP contribution in [-0.2, 0) is 34.9 Å². The number of hydrogen-bond donors (Lipinski definition) is 4. The summed E-state index contributed by atoms with van der Waals surface area (Å²) in [4.78, 5) is 40.8. The molecule has 10 nitrogen and oxygen atoms in total. The number of nitrogens with two attached hydrogens (primary N) is 1. The number of phenols is 1. The number of ketones is 1. The molecule has 55 heavy (non-hydrogen) atoms. The van der Waals surface area contributed by atoms with E-state index in [4.69, 9.17) is 45.5 Å². The Bertz CT molecular complexity index is 2350. The smallest absolute Gasteiger partial charge is 0.227 e. The van der Waals surface area contributed by atoms with Gasteiger partial charge in [-0.3, -0.25) is 14.4 Å². The Labute approximate surface area is 336 Å². The molecule has 0 fully saturated rings. The molecule has 2 amide bonds. The topological polar surface area (TPSA) is 144 Å². The van der Waals surface area contributed by atoms with Gasteiger partial charge in [-0.25, -0.2) is 4.99 Å². The van der Waals surface area contributed by atoms with Crippen LogP contribution in [0.25, 0.3) is 21.8 Å². The van der Waals surface area contributed by atoms with Crippen molar-refractivity contribution in [2.45, 2.75) is 54.4 Å². The number of anilines is 2. The Morgan fingerprint density at radius 2 is 1.38 bits per heavy atom. The highest BCUT2D eigenvalue weighted by Gasteiger charge is 2.27. The summed E-state index contributed by atoms with van der Waals surface area (Å²) < 4.78 is 4.09. The maximum absolute atomic E-state index is 12.5. The Hall–Kier alpha value is -5.03. The summed E-state index contributed by atoms with van der Waals surface area (Å²) in [6, 6.07) is 17.5. The van der Waals surface area contributed by atoms with Crippen LogP contribution in [0.3, 0.4) is 0 Å². The van der Waals surface area contributed by atoms with Crippen molar-refractivity contribution in [1.82, 2.24) is 14.5 Å². The number of carbonyl (C=O) groups is 3. The third kappa shape index (κ3) is 10.2. The molecule has 0 spiro atoms. The second kappa shape index (κ2) is 18.5. The van der Waals surface area contributed by atoms with Crippen molar-refractivity contribution in [2.75, 3.05) is 11.1 Å². The number of aryl methyl sites for hydroxylation is 2. The molecule has 1 aliphatic rings. The lowest BCUT2D eigenvalue weighted by molar-refractivity contribution is -0.124. The van der Waals surface area contributed by atoms with Gasteiger partial charge in [0.2, 0.25) is 17.6 Å². The number of rotatable bonds is 7. The maximum Gasteiger partial charge on any atom is 0.227 e. The highest BCUT2D eigenvalue weighted by Crippen LogP contribution is 2.39. The van der Waals surface area contributed by atoms with Crippen LogP contribution >= 0.6 is 34.8 Å². The van der Waals surface area contributed by atoms with Gasteiger partial charge in [-0.1, -0.05) is 88.5 Å². The summed E-state index contributed by atoms with van der Waals surface area (Å²) in [5.74, 6) is -1.37. The predicted molar refractivity (Wildman–Crippen MR) is 228 cm³/mol. The van der Waals surface area contributed by atoms with E-state index in [0.717, 1.165) is 22.3 Å². The quantitative estimate of drug-likeness (QED) is 0.0736. The number of aromatic hydroxyl groups is 1. The van der Waals surface area contributed by atoms with Gasteiger partial charge in [-0.05, 0) is 77.7 Å². The van der Waals surface area contributed by atoms with Gasteiger partial charge in [-0.2, -0.15) is 0 Å². The Morgan fingerprint density at radius 3 is 1.95 bits per heavy atom. The second-order valence-corrected chi connectivity index (χ2v) is 14.8. The third-order valence-electron chi connectivity index (χ3n) is 8.89. The van der Waals surface area contributed by atoms with Crippen LogP contribution in [0.15, 0.2) is 94.4 Å². The summed E-state index contributed by atoms with van der Waals surface area (Å²) in [6.07, 6.45) is 6.82. The van der Waals surface area contributed by atoms with E-state index in [1.54, 1.807) is 33.8 Å². The highest BCUT2D eigenvalue weighted by atomic mass is 35.5. The number of carbonyl (C=O) groups excluding carboxylic acids is 3. The minimum Gasteiger partial charge on any atom is -0.504 e. The third-order valence-corrected chi connectivity index (χ3v) is 10.0. The Balaban J connectivity index is 0.000000204. The fraction of sp³-hybridized carbons (Fsp3) is 0.286. The van der Waals surface area contributed by atoms with Crippen LogP contribution in [0.1, 0.15) is 53.5 Å². The zero-order valence-electron chi connectivity index (χ0n) is 32.2.